The van der Waals surface area contributed by atoms with Gasteiger partial charge in [-0.2, -0.15) is 0 Å². The van der Waals surface area contributed by atoms with E-state index in [0.29, 0.717) is 40.7 Å². The molecule has 0 bridgehead atoms. The van der Waals surface area contributed by atoms with Crippen molar-refractivity contribution in [1.29, 1.82) is 0 Å². The standard InChI is InChI=1S/C19H23Cl2N5O3/c1-9-7-26(8-10(2)29-9)14-6-12(18(27)25-22)4-5-13(14)24-19(28)17-16(21)15(20)11(3)23-17/h4-6,9-10,23H,7-8,22H2,1-3H3,(H,24,28)(H,25,27). The number of morpholine rings is 1. The number of nitrogens with zero attached hydrogens (tertiary/aromatic N) is 1. The second kappa shape index (κ2) is 8.62. The van der Waals surface area contributed by atoms with E-state index in [0.717, 1.165) is 0 Å². The van der Waals surface area contributed by atoms with Crippen LogP contribution in [0, 0.1) is 6.92 Å². The van der Waals surface area contributed by atoms with Crippen molar-refractivity contribution in [2.24, 2.45) is 5.84 Å². The van der Waals surface area contributed by atoms with E-state index < -0.39 is 11.8 Å². The Bertz CT molecular complexity index is 936. The Labute approximate surface area is 178 Å². The van der Waals surface area contributed by atoms with Crippen molar-refractivity contribution >= 4 is 46.4 Å². The second-order valence-electron chi connectivity index (χ2n) is 7.07. The number of carbonyl (C=O) groups is 2. The van der Waals surface area contributed by atoms with Gasteiger partial charge in [0.1, 0.15) is 5.69 Å². The monoisotopic (exact) mass is 439 g/mol. The molecule has 1 aliphatic heterocycles. The van der Waals surface area contributed by atoms with Gasteiger partial charge in [-0.05, 0) is 39.0 Å². The largest absolute Gasteiger partial charge is 0.372 e. The van der Waals surface area contributed by atoms with Crippen molar-refractivity contribution in [2.45, 2.75) is 33.0 Å². The second-order valence-corrected chi connectivity index (χ2v) is 7.83. The maximum absolute atomic E-state index is 12.8. The van der Waals surface area contributed by atoms with Crippen molar-refractivity contribution in [3.8, 4) is 0 Å². The van der Waals surface area contributed by atoms with E-state index in [2.05, 4.69) is 20.6 Å². The van der Waals surface area contributed by atoms with E-state index in [9.17, 15) is 9.59 Å². The van der Waals surface area contributed by atoms with Crippen LogP contribution in [0.25, 0.3) is 0 Å². The Morgan fingerprint density at radius 2 is 1.83 bits per heavy atom. The van der Waals surface area contributed by atoms with E-state index in [-0.39, 0.29) is 22.9 Å². The highest BCUT2D eigenvalue weighted by molar-refractivity contribution is 6.44. The van der Waals surface area contributed by atoms with Gasteiger partial charge >= 0.3 is 0 Å². The normalized spacial score (nSPS) is 19.2. The zero-order chi connectivity index (χ0) is 21.3. The number of hydrogen-bond acceptors (Lipinski definition) is 5. The number of nitrogens with two attached hydrogens (primary N) is 1. The summed E-state index contributed by atoms with van der Waals surface area (Å²) in [5, 5.41) is 3.33. The minimum atomic E-state index is -0.434. The molecule has 2 unspecified atom stereocenters. The van der Waals surface area contributed by atoms with Crippen molar-refractivity contribution in [3.05, 3.63) is 45.2 Å². The highest BCUT2D eigenvalue weighted by atomic mass is 35.5. The molecule has 3 rings (SSSR count). The molecule has 0 aliphatic carbocycles. The summed E-state index contributed by atoms with van der Waals surface area (Å²) in [5.41, 5.74) is 4.50. The van der Waals surface area contributed by atoms with E-state index in [4.69, 9.17) is 33.8 Å². The van der Waals surface area contributed by atoms with E-state index >= 15 is 0 Å². The molecule has 29 heavy (non-hydrogen) atoms. The van der Waals surface area contributed by atoms with Gasteiger partial charge in [-0.25, -0.2) is 5.84 Å². The lowest BCUT2D eigenvalue weighted by Gasteiger charge is -2.37. The molecule has 1 saturated heterocycles. The van der Waals surface area contributed by atoms with Crippen LogP contribution in [0.4, 0.5) is 11.4 Å². The fraction of sp³-hybridized carbons (Fsp3) is 0.368. The molecule has 10 heteroatoms. The molecule has 0 radical (unpaired) electrons. The van der Waals surface area contributed by atoms with Crippen molar-refractivity contribution in [3.63, 3.8) is 0 Å². The maximum atomic E-state index is 12.8. The number of rotatable bonds is 4. The Morgan fingerprint density at radius 3 is 2.38 bits per heavy atom. The van der Waals surface area contributed by atoms with Gasteiger partial charge in [0.2, 0.25) is 0 Å². The minimum absolute atomic E-state index is 0.00593. The van der Waals surface area contributed by atoms with Crippen LogP contribution in [0.1, 0.15) is 40.4 Å². The quantitative estimate of drug-likeness (QED) is 0.332. The van der Waals surface area contributed by atoms with Crippen LogP contribution in [0.15, 0.2) is 18.2 Å². The average Bonchev–Trinajstić information content (AvgIpc) is 2.94. The molecule has 2 atom stereocenters. The molecule has 1 aromatic heterocycles. The molecule has 0 saturated carbocycles. The number of nitrogen functional groups attached to an aromatic ring is 1. The lowest BCUT2D eigenvalue weighted by Crippen LogP contribution is -2.46. The van der Waals surface area contributed by atoms with E-state index in [1.165, 1.54) is 0 Å². The number of ether oxygens (including phenoxy) is 1. The first-order valence-corrected chi connectivity index (χ1v) is 9.87. The fourth-order valence-corrected chi connectivity index (χ4v) is 3.83. The number of benzene rings is 1. The number of aromatic amines is 1. The summed E-state index contributed by atoms with van der Waals surface area (Å²) in [7, 11) is 0. The Hall–Kier alpha value is -2.26. The molecule has 2 amide bonds. The van der Waals surface area contributed by atoms with Gasteiger partial charge in [0.15, 0.2) is 0 Å². The van der Waals surface area contributed by atoms with Crippen molar-refractivity contribution < 1.29 is 14.3 Å². The number of H-pyrrole nitrogens is 1. The fourth-order valence-electron chi connectivity index (χ4n) is 3.41. The molecule has 5 N–H and O–H groups in total. The van der Waals surface area contributed by atoms with Crippen LogP contribution >= 0.6 is 23.2 Å². The van der Waals surface area contributed by atoms with Crippen LogP contribution < -0.4 is 21.5 Å². The zero-order valence-electron chi connectivity index (χ0n) is 16.3. The average molecular weight is 440 g/mol. The van der Waals surface area contributed by atoms with Gasteiger partial charge in [0.25, 0.3) is 11.8 Å². The number of nitrogens with one attached hydrogen (secondary N) is 3. The molecule has 2 heterocycles. The number of amides is 2. The number of hydrogen-bond donors (Lipinski definition) is 4. The van der Waals surface area contributed by atoms with Gasteiger partial charge in [-0.1, -0.05) is 23.2 Å². The predicted octanol–water partition coefficient (Wildman–Crippen LogP) is 3.10. The molecule has 1 fully saturated rings. The summed E-state index contributed by atoms with van der Waals surface area (Å²) in [4.78, 5) is 29.8. The molecular formula is C19H23Cl2N5O3. The topological polar surface area (TPSA) is 112 Å². The van der Waals surface area contributed by atoms with Gasteiger partial charge in [0, 0.05) is 24.3 Å². The molecule has 8 nitrogen and oxygen atoms in total. The van der Waals surface area contributed by atoms with Crippen LogP contribution in [0.5, 0.6) is 0 Å². The predicted molar refractivity (Wildman–Crippen MR) is 114 cm³/mol. The third kappa shape index (κ3) is 4.51. The van der Waals surface area contributed by atoms with Crippen LogP contribution in [0.2, 0.25) is 10.0 Å². The number of aryl methyl sites for hydroxylation is 1. The summed E-state index contributed by atoms with van der Waals surface area (Å²) >= 11 is 12.3. The third-order valence-corrected chi connectivity index (χ3v) is 5.63. The molecular weight excluding hydrogens is 417 g/mol. The number of halogens is 2. The smallest absolute Gasteiger partial charge is 0.273 e. The Balaban J connectivity index is 1.97. The SMILES string of the molecule is Cc1[nH]c(C(=O)Nc2ccc(C(=O)NN)cc2N2CC(C)OC(C)C2)c(Cl)c1Cl. The van der Waals surface area contributed by atoms with E-state index in [1.54, 1.807) is 25.1 Å². The Morgan fingerprint density at radius 1 is 1.17 bits per heavy atom. The van der Waals surface area contributed by atoms with Crippen molar-refractivity contribution in [2.75, 3.05) is 23.3 Å². The minimum Gasteiger partial charge on any atom is -0.372 e. The molecule has 1 aromatic carbocycles. The first-order valence-electron chi connectivity index (χ1n) is 9.11. The van der Waals surface area contributed by atoms with Crippen LogP contribution in [-0.2, 0) is 4.74 Å². The first kappa shape index (κ1) is 21.4. The Kier molecular flexibility index (Phi) is 6.38. The van der Waals surface area contributed by atoms with Gasteiger partial charge in [-0.15, -0.1) is 0 Å². The molecule has 2 aromatic rings. The lowest BCUT2D eigenvalue weighted by molar-refractivity contribution is -0.00517. The van der Waals surface area contributed by atoms with Crippen LogP contribution in [-0.4, -0.2) is 42.1 Å². The van der Waals surface area contributed by atoms with Crippen LogP contribution in [0.3, 0.4) is 0 Å². The molecule has 156 valence electrons. The zero-order valence-corrected chi connectivity index (χ0v) is 17.8. The van der Waals surface area contributed by atoms with E-state index in [1.807, 2.05) is 13.8 Å². The third-order valence-electron chi connectivity index (χ3n) is 4.68. The summed E-state index contributed by atoms with van der Waals surface area (Å²) in [6.07, 6.45) is -0.0119. The maximum Gasteiger partial charge on any atom is 0.273 e. The van der Waals surface area contributed by atoms with Gasteiger partial charge in [0.05, 0.1) is 33.6 Å². The summed E-state index contributed by atoms with van der Waals surface area (Å²) in [5.74, 6) is 4.41. The number of aromatic nitrogens is 1. The summed E-state index contributed by atoms with van der Waals surface area (Å²) < 4.78 is 5.79. The molecule has 1 aliphatic rings. The first-order chi connectivity index (χ1) is 13.7. The number of hydrazine groups is 1. The molecule has 0 spiro atoms. The highest BCUT2D eigenvalue weighted by Gasteiger charge is 2.26. The van der Waals surface area contributed by atoms with Gasteiger partial charge in [-0.3, -0.25) is 15.0 Å². The number of anilines is 2. The number of carbonyl (C=O) groups excluding carboxylic acids is 2. The van der Waals surface area contributed by atoms with Crippen molar-refractivity contribution in [1.82, 2.24) is 10.4 Å². The lowest BCUT2D eigenvalue weighted by atomic mass is 10.1. The summed E-state index contributed by atoms with van der Waals surface area (Å²) in [6, 6.07) is 4.94. The van der Waals surface area contributed by atoms with Gasteiger partial charge < -0.3 is 19.9 Å². The summed E-state index contributed by atoms with van der Waals surface area (Å²) in [6.45, 7) is 6.89. The highest BCUT2D eigenvalue weighted by Crippen LogP contribution is 2.33.